The maximum absolute atomic E-state index is 6.00. The Morgan fingerprint density at radius 3 is 2.86 bits per heavy atom. The van der Waals surface area contributed by atoms with Crippen molar-refractivity contribution < 1.29 is 9.37 Å². The van der Waals surface area contributed by atoms with Crippen LogP contribution in [0.15, 0.2) is 10.8 Å². The first kappa shape index (κ1) is 18.3. The summed E-state index contributed by atoms with van der Waals surface area (Å²) in [7, 11) is 0. The molecule has 0 aliphatic heterocycles. The van der Waals surface area contributed by atoms with Gasteiger partial charge in [-0.3, -0.25) is 0 Å². The van der Waals surface area contributed by atoms with E-state index in [2.05, 4.69) is 27.1 Å². The van der Waals surface area contributed by atoms with Crippen LogP contribution in [0.25, 0.3) is 22.6 Å². The zero-order valence-electron chi connectivity index (χ0n) is 15.8. The molecule has 0 aromatic carbocycles. The van der Waals surface area contributed by atoms with Gasteiger partial charge in [0.05, 0.1) is 12.8 Å². The van der Waals surface area contributed by atoms with Crippen molar-refractivity contribution >= 4 is 16.9 Å². The summed E-state index contributed by atoms with van der Waals surface area (Å²) in [5, 5.41) is 7.59. The van der Waals surface area contributed by atoms with Crippen molar-refractivity contribution in [3.63, 3.8) is 0 Å². The van der Waals surface area contributed by atoms with Crippen LogP contribution in [0.2, 0.25) is 0 Å². The number of imidazole rings is 1. The van der Waals surface area contributed by atoms with Gasteiger partial charge in [-0.05, 0) is 55.4 Å². The molecule has 0 bridgehead atoms. The molecule has 4 rings (SSSR count). The van der Waals surface area contributed by atoms with Gasteiger partial charge in [-0.25, -0.2) is 14.6 Å². The van der Waals surface area contributed by atoms with Crippen LogP contribution in [-0.4, -0.2) is 38.0 Å². The molecule has 3 heterocycles. The highest BCUT2D eigenvalue weighted by molar-refractivity contribution is 5.89. The maximum Gasteiger partial charge on any atom is 0.199 e. The average molecular weight is 381 g/mol. The van der Waals surface area contributed by atoms with Crippen molar-refractivity contribution in [2.45, 2.75) is 39.2 Å². The van der Waals surface area contributed by atoms with Crippen LogP contribution in [0.5, 0.6) is 5.75 Å². The number of nitrogen functional groups attached to an aromatic ring is 1. The molecule has 9 heteroatoms. The molecule has 28 heavy (non-hydrogen) atoms. The van der Waals surface area contributed by atoms with E-state index in [1.165, 1.54) is 0 Å². The number of nitrogens with zero attached hydrogens (tertiary/aromatic N) is 5. The van der Waals surface area contributed by atoms with E-state index in [1.54, 1.807) is 6.20 Å². The van der Waals surface area contributed by atoms with Gasteiger partial charge >= 0.3 is 0 Å². The van der Waals surface area contributed by atoms with Crippen LogP contribution in [0.3, 0.4) is 0 Å². The van der Waals surface area contributed by atoms with Gasteiger partial charge in [-0.2, -0.15) is 0 Å². The minimum Gasteiger partial charge on any atom is -0.490 e. The van der Waals surface area contributed by atoms with E-state index >= 15 is 0 Å². The molecule has 0 radical (unpaired) electrons. The zero-order valence-corrected chi connectivity index (χ0v) is 15.8. The van der Waals surface area contributed by atoms with Crippen LogP contribution in [0, 0.1) is 17.8 Å². The second-order valence-corrected chi connectivity index (χ2v) is 6.73. The minimum absolute atomic E-state index is 0.189. The summed E-state index contributed by atoms with van der Waals surface area (Å²) in [6, 6.07) is 0. The second kappa shape index (κ2) is 7.86. The predicted octanol–water partition coefficient (Wildman–Crippen LogP) is 1.96. The van der Waals surface area contributed by atoms with Gasteiger partial charge in [0, 0.05) is 12.5 Å². The topological polar surface area (TPSA) is 131 Å². The highest BCUT2D eigenvalue weighted by Crippen LogP contribution is 2.33. The largest absolute Gasteiger partial charge is 0.490 e. The molecule has 9 nitrogen and oxygen atoms in total. The van der Waals surface area contributed by atoms with E-state index < -0.39 is 0 Å². The van der Waals surface area contributed by atoms with Crippen LogP contribution in [0.4, 0.5) is 5.82 Å². The Balaban J connectivity index is 1.83. The molecule has 146 valence electrons. The van der Waals surface area contributed by atoms with E-state index in [9.17, 15) is 0 Å². The first-order chi connectivity index (χ1) is 13.7. The number of aromatic nitrogens is 5. The number of fused-ring (bicyclic) bond motifs is 1. The lowest BCUT2D eigenvalue weighted by Crippen LogP contribution is -2.06. The normalized spacial score (nSPS) is 13.5. The Hall–Kier alpha value is -3.12. The summed E-state index contributed by atoms with van der Waals surface area (Å²) in [6.45, 7) is 3.85. The second-order valence-electron chi connectivity index (χ2n) is 6.73. The maximum atomic E-state index is 6.00. The lowest BCUT2D eigenvalue weighted by molar-refractivity contribution is 0.308. The number of ether oxygens (including phenoxy) is 1. The fourth-order valence-corrected chi connectivity index (χ4v) is 2.98. The number of nitrogens with two attached hydrogens (primary N) is 2. The summed E-state index contributed by atoms with van der Waals surface area (Å²) >= 11 is 0. The standard InChI is InChI=1S/C19H23N7O2/c1-2-26-17-14(27-10-4-3-9-20)11-22-13(8-7-12-5-6-12)15(17)23-19(26)16-18(21)25-28-24-16/h11-12H,2-6,9-10,20H2,1H3,(H2,21,25). The van der Waals surface area contributed by atoms with Gasteiger partial charge < -0.3 is 20.8 Å². The highest BCUT2D eigenvalue weighted by Gasteiger charge is 2.23. The average Bonchev–Trinajstić information content (AvgIpc) is 3.31. The van der Waals surface area contributed by atoms with Crippen molar-refractivity contribution in [1.82, 2.24) is 24.8 Å². The molecule has 0 amide bonds. The highest BCUT2D eigenvalue weighted by atomic mass is 16.6. The lowest BCUT2D eigenvalue weighted by atomic mass is 10.2. The summed E-state index contributed by atoms with van der Waals surface area (Å²) in [5.74, 6) is 8.29. The first-order valence-corrected chi connectivity index (χ1v) is 9.55. The van der Waals surface area contributed by atoms with Crippen molar-refractivity contribution in [3.05, 3.63) is 11.9 Å². The zero-order chi connectivity index (χ0) is 19.5. The first-order valence-electron chi connectivity index (χ1n) is 9.55. The fourth-order valence-electron chi connectivity index (χ4n) is 2.98. The Labute approximate surface area is 162 Å². The van der Waals surface area contributed by atoms with E-state index in [0.29, 0.717) is 54.1 Å². The molecule has 0 spiro atoms. The predicted molar refractivity (Wildman–Crippen MR) is 104 cm³/mol. The van der Waals surface area contributed by atoms with E-state index in [4.69, 9.17) is 25.8 Å². The number of unbranched alkanes of at least 4 members (excludes halogenated alkanes) is 1. The SMILES string of the molecule is CCn1c(-c2nonc2N)nc2c(C#CC3CC3)ncc(OCCCCN)c21. The Bertz CT molecular complexity index is 1040. The van der Waals surface area contributed by atoms with Crippen molar-refractivity contribution in [2.24, 2.45) is 11.7 Å². The fraction of sp³-hybridized carbons (Fsp3) is 0.474. The molecule has 4 N–H and O–H groups in total. The van der Waals surface area contributed by atoms with Crippen molar-refractivity contribution in [3.8, 4) is 29.1 Å². The molecular formula is C19H23N7O2. The van der Waals surface area contributed by atoms with Crippen LogP contribution in [0.1, 0.15) is 38.3 Å². The van der Waals surface area contributed by atoms with E-state index in [0.717, 1.165) is 31.2 Å². The molecule has 0 saturated heterocycles. The number of hydrogen-bond acceptors (Lipinski definition) is 8. The molecule has 1 saturated carbocycles. The number of aryl methyl sites for hydroxylation is 1. The summed E-state index contributed by atoms with van der Waals surface area (Å²) in [4.78, 5) is 9.25. The van der Waals surface area contributed by atoms with Gasteiger partial charge in [0.15, 0.2) is 23.1 Å². The Morgan fingerprint density at radius 1 is 1.32 bits per heavy atom. The molecule has 1 fully saturated rings. The van der Waals surface area contributed by atoms with Crippen molar-refractivity contribution in [2.75, 3.05) is 18.9 Å². The summed E-state index contributed by atoms with van der Waals surface area (Å²) in [6.07, 6.45) is 5.78. The summed E-state index contributed by atoms with van der Waals surface area (Å²) < 4.78 is 12.7. The number of anilines is 1. The number of hydrogen-bond donors (Lipinski definition) is 2. The van der Waals surface area contributed by atoms with Crippen LogP contribution >= 0.6 is 0 Å². The third-order valence-corrected chi connectivity index (χ3v) is 4.61. The quantitative estimate of drug-likeness (QED) is 0.469. The molecule has 3 aromatic heterocycles. The molecule has 0 unspecified atom stereocenters. The Morgan fingerprint density at radius 2 is 2.18 bits per heavy atom. The van der Waals surface area contributed by atoms with E-state index in [-0.39, 0.29) is 5.82 Å². The lowest BCUT2D eigenvalue weighted by Gasteiger charge is -2.10. The van der Waals surface area contributed by atoms with Gasteiger partial charge in [-0.1, -0.05) is 5.92 Å². The van der Waals surface area contributed by atoms with Gasteiger partial charge in [-0.15, -0.1) is 0 Å². The monoisotopic (exact) mass is 381 g/mol. The number of pyridine rings is 1. The van der Waals surface area contributed by atoms with Crippen molar-refractivity contribution in [1.29, 1.82) is 0 Å². The molecule has 3 aromatic rings. The van der Waals surface area contributed by atoms with Crippen LogP contribution < -0.4 is 16.2 Å². The molecular weight excluding hydrogens is 358 g/mol. The Kier molecular flexibility index (Phi) is 5.12. The third kappa shape index (κ3) is 3.51. The summed E-state index contributed by atoms with van der Waals surface area (Å²) in [5.41, 5.74) is 14.0. The molecule has 1 aliphatic rings. The molecule has 0 atom stereocenters. The van der Waals surface area contributed by atoms with Gasteiger partial charge in [0.25, 0.3) is 0 Å². The third-order valence-electron chi connectivity index (χ3n) is 4.61. The minimum atomic E-state index is 0.189. The number of rotatable bonds is 7. The smallest absolute Gasteiger partial charge is 0.199 e. The van der Waals surface area contributed by atoms with Gasteiger partial charge in [0.1, 0.15) is 16.7 Å². The molecule has 1 aliphatic carbocycles. The van der Waals surface area contributed by atoms with Crippen LogP contribution in [-0.2, 0) is 6.54 Å². The van der Waals surface area contributed by atoms with E-state index in [1.807, 2.05) is 11.5 Å². The van der Waals surface area contributed by atoms with Gasteiger partial charge in [0.2, 0.25) is 0 Å².